The highest BCUT2D eigenvalue weighted by Crippen LogP contribution is 2.21. The van der Waals surface area contributed by atoms with Gasteiger partial charge < -0.3 is 15.0 Å². The first-order valence-electron chi connectivity index (χ1n) is 8.66. The average molecular weight is 343 g/mol. The number of carbonyl (C=O) groups is 1. The lowest BCUT2D eigenvalue weighted by Gasteiger charge is -2.29. The molecule has 134 valence electrons. The maximum atomic E-state index is 12.5. The van der Waals surface area contributed by atoms with E-state index in [1.165, 1.54) is 6.33 Å². The fourth-order valence-corrected chi connectivity index (χ4v) is 3.03. The first-order valence-corrected chi connectivity index (χ1v) is 8.66. The van der Waals surface area contributed by atoms with Crippen LogP contribution in [0.1, 0.15) is 38.3 Å². The van der Waals surface area contributed by atoms with Crippen molar-refractivity contribution in [2.75, 3.05) is 13.7 Å². The normalized spacial score (nSPS) is 19.4. The molecule has 3 rings (SSSR count). The van der Waals surface area contributed by atoms with Crippen molar-refractivity contribution < 1.29 is 9.53 Å². The van der Waals surface area contributed by atoms with Crippen molar-refractivity contribution in [3.05, 3.63) is 42.5 Å². The number of aromatic nitrogens is 3. The monoisotopic (exact) mass is 343 g/mol. The highest BCUT2D eigenvalue weighted by molar-refractivity contribution is 5.74. The van der Waals surface area contributed by atoms with Gasteiger partial charge in [0.05, 0.1) is 23.9 Å². The van der Waals surface area contributed by atoms with Gasteiger partial charge in [-0.25, -0.2) is 14.5 Å². The van der Waals surface area contributed by atoms with Crippen molar-refractivity contribution in [2.24, 2.45) is 0 Å². The Morgan fingerprint density at radius 3 is 2.72 bits per heavy atom. The lowest BCUT2D eigenvalue weighted by molar-refractivity contribution is 0.0830. The number of rotatable bonds is 5. The van der Waals surface area contributed by atoms with Crippen LogP contribution in [0, 0.1) is 0 Å². The zero-order valence-electron chi connectivity index (χ0n) is 14.9. The molecule has 0 unspecified atom stereocenters. The molecule has 1 fully saturated rings. The molecule has 2 heterocycles. The van der Waals surface area contributed by atoms with E-state index in [0.717, 1.165) is 30.7 Å². The molecule has 1 aromatic carbocycles. The number of nitrogens with zero attached hydrogens (tertiary/aromatic N) is 4. The van der Waals surface area contributed by atoms with Crippen molar-refractivity contribution in [1.29, 1.82) is 0 Å². The molecule has 1 N–H and O–H groups in total. The molecule has 7 nitrogen and oxygen atoms in total. The van der Waals surface area contributed by atoms with Gasteiger partial charge in [0.25, 0.3) is 0 Å². The van der Waals surface area contributed by atoms with Gasteiger partial charge in [-0.1, -0.05) is 12.1 Å². The topological polar surface area (TPSA) is 72.3 Å². The van der Waals surface area contributed by atoms with Gasteiger partial charge in [-0.2, -0.15) is 5.10 Å². The van der Waals surface area contributed by atoms with Crippen LogP contribution in [0.3, 0.4) is 0 Å². The number of urea groups is 1. The van der Waals surface area contributed by atoms with E-state index in [0.29, 0.717) is 0 Å². The number of amides is 2. The van der Waals surface area contributed by atoms with Gasteiger partial charge in [0.1, 0.15) is 12.7 Å². The maximum absolute atomic E-state index is 12.5. The zero-order chi connectivity index (χ0) is 17.8. The second kappa shape index (κ2) is 7.65. The molecule has 3 atom stereocenters. The van der Waals surface area contributed by atoms with Crippen molar-refractivity contribution >= 4 is 6.03 Å². The molecule has 7 heteroatoms. The molecular weight excluding hydrogens is 318 g/mol. The number of benzene rings is 1. The Labute approximate surface area is 148 Å². The van der Waals surface area contributed by atoms with E-state index in [1.807, 2.05) is 45.2 Å². The SMILES string of the molecule is C[C@H](NC(=O)N(C)[C@H](C)c1ccc(-n2cncn2)cc1)[C@@H]1CCCO1. The minimum absolute atomic E-state index is 0.0133. The lowest BCUT2D eigenvalue weighted by atomic mass is 10.1. The number of carbonyl (C=O) groups excluding carboxylic acids is 1. The van der Waals surface area contributed by atoms with Gasteiger partial charge in [0, 0.05) is 13.7 Å². The number of ether oxygens (including phenoxy) is 1. The summed E-state index contributed by atoms with van der Waals surface area (Å²) in [5.74, 6) is 0. The third-order valence-electron chi connectivity index (χ3n) is 4.83. The van der Waals surface area contributed by atoms with Crippen LogP contribution in [-0.4, -0.2) is 51.5 Å². The Morgan fingerprint density at radius 1 is 1.36 bits per heavy atom. The summed E-state index contributed by atoms with van der Waals surface area (Å²) in [6, 6.07) is 7.85. The largest absolute Gasteiger partial charge is 0.376 e. The van der Waals surface area contributed by atoms with Gasteiger partial charge in [-0.15, -0.1) is 0 Å². The van der Waals surface area contributed by atoms with Crippen molar-refractivity contribution in [2.45, 2.75) is 44.9 Å². The molecule has 1 saturated heterocycles. The Kier molecular flexibility index (Phi) is 5.33. The number of nitrogens with one attached hydrogen (secondary N) is 1. The predicted octanol–water partition coefficient (Wildman–Crippen LogP) is 2.54. The number of hydrogen-bond acceptors (Lipinski definition) is 4. The van der Waals surface area contributed by atoms with E-state index in [2.05, 4.69) is 15.4 Å². The molecule has 1 aromatic heterocycles. The van der Waals surface area contributed by atoms with Crippen LogP contribution < -0.4 is 5.32 Å². The average Bonchev–Trinajstić information content (AvgIpc) is 3.33. The van der Waals surface area contributed by atoms with Crippen LogP contribution in [-0.2, 0) is 4.74 Å². The molecule has 2 aromatic rings. The first kappa shape index (κ1) is 17.4. The molecular formula is C18H25N5O2. The van der Waals surface area contributed by atoms with Gasteiger partial charge in [0.15, 0.2) is 0 Å². The zero-order valence-corrected chi connectivity index (χ0v) is 14.9. The summed E-state index contributed by atoms with van der Waals surface area (Å²) in [4.78, 5) is 18.2. The van der Waals surface area contributed by atoms with Crippen LogP contribution in [0.4, 0.5) is 4.79 Å². The minimum atomic E-state index is -0.0872. The van der Waals surface area contributed by atoms with Gasteiger partial charge >= 0.3 is 6.03 Å². The third-order valence-corrected chi connectivity index (χ3v) is 4.83. The summed E-state index contributed by atoms with van der Waals surface area (Å²) in [6.45, 7) is 4.80. The summed E-state index contributed by atoms with van der Waals surface area (Å²) in [6.07, 6.45) is 5.35. The Hall–Kier alpha value is -2.41. The minimum Gasteiger partial charge on any atom is -0.376 e. The predicted molar refractivity (Wildman–Crippen MR) is 94.5 cm³/mol. The third kappa shape index (κ3) is 3.99. The lowest BCUT2D eigenvalue weighted by Crippen LogP contribution is -2.47. The van der Waals surface area contributed by atoms with E-state index in [4.69, 9.17) is 4.74 Å². The van der Waals surface area contributed by atoms with E-state index < -0.39 is 0 Å². The quantitative estimate of drug-likeness (QED) is 0.905. The van der Waals surface area contributed by atoms with E-state index >= 15 is 0 Å². The Morgan fingerprint density at radius 2 is 2.12 bits per heavy atom. The molecule has 0 saturated carbocycles. The molecule has 0 aliphatic carbocycles. The highest BCUT2D eigenvalue weighted by Gasteiger charge is 2.26. The summed E-state index contributed by atoms with van der Waals surface area (Å²) in [5.41, 5.74) is 2.00. The fraction of sp³-hybridized carbons (Fsp3) is 0.500. The second-order valence-corrected chi connectivity index (χ2v) is 6.51. The summed E-state index contributed by atoms with van der Waals surface area (Å²) in [7, 11) is 1.81. The van der Waals surface area contributed by atoms with Crippen LogP contribution in [0.15, 0.2) is 36.9 Å². The van der Waals surface area contributed by atoms with Gasteiger partial charge in [-0.05, 0) is 44.4 Å². The van der Waals surface area contributed by atoms with Crippen LogP contribution in [0.5, 0.6) is 0 Å². The Bertz CT molecular complexity index is 680. The van der Waals surface area contributed by atoms with Crippen LogP contribution in [0.2, 0.25) is 0 Å². The first-order chi connectivity index (χ1) is 12.1. The molecule has 25 heavy (non-hydrogen) atoms. The summed E-state index contributed by atoms with van der Waals surface area (Å²) < 4.78 is 7.34. The van der Waals surface area contributed by atoms with Crippen molar-refractivity contribution in [3.8, 4) is 5.69 Å². The summed E-state index contributed by atoms with van der Waals surface area (Å²) >= 11 is 0. The van der Waals surface area contributed by atoms with Gasteiger partial charge in [-0.3, -0.25) is 0 Å². The molecule has 0 radical (unpaired) electrons. The van der Waals surface area contributed by atoms with Gasteiger partial charge in [0.2, 0.25) is 0 Å². The van der Waals surface area contributed by atoms with E-state index in [-0.39, 0.29) is 24.2 Å². The molecule has 2 amide bonds. The van der Waals surface area contributed by atoms with E-state index in [1.54, 1.807) is 15.9 Å². The van der Waals surface area contributed by atoms with Crippen LogP contribution >= 0.6 is 0 Å². The smallest absolute Gasteiger partial charge is 0.317 e. The molecule has 1 aliphatic heterocycles. The molecule has 0 bridgehead atoms. The van der Waals surface area contributed by atoms with Crippen molar-refractivity contribution in [3.63, 3.8) is 0 Å². The van der Waals surface area contributed by atoms with Crippen molar-refractivity contribution in [1.82, 2.24) is 25.0 Å². The highest BCUT2D eigenvalue weighted by atomic mass is 16.5. The maximum Gasteiger partial charge on any atom is 0.317 e. The second-order valence-electron chi connectivity index (χ2n) is 6.51. The van der Waals surface area contributed by atoms with Crippen LogP contribution in [0.25, 0.3) is 5.69 Å². The number of hydrogen-bond donors (Lipinski definition) is 1. The fourth-order valence-electron chi connectivity index (χ4n) is 3.03. The molecule has 0 spiro atoms. The standard InChI is InChI=1S/C18H25N5O2/c1-13(17-5-4-10-25-17)21-18(24)22(3)14(2)15-6-8-16(9-7-15)23-12-19-11-20-23/h6-9,11-14,17H,4-5,10H2,1-3H3,(H,21,24)/t13-,14+,17-/m0/s1. The summed E-state index contributed by atoms with van der Waals surface area (Å²) in [5, 5.41) is 7.16. The van der Waals surface area contributed by atoms with E-state index in [9.17, 15) is 4.79 Å². The molecule has 1 aliphatic rings. The Balaban J connectivity index is 1.61.